The minimum atomic E-state index is -1.24. The number of anilines is 2. The van der Waals surface area contributed by atoms with E-state index in [1.807, 2.05) is 0 Å². The number of hydrogen-bond acceptors (Lipinski definition) is 3. The van der Waals surface area contributed by atoms with Gasteiger partial charge in [-0.2, -0.15) is 0 Å². The first-order valence-corrected chi connectivity index (χ1v) is 10.9. The first kappa shape index (κ1) is 22.6. The Morgan fingerprint density at radius 3 is 2.31 bits per heavy atom. The van der Waals surface area contributed by atoms with Gasteiger partial charge in [0.15, 0.2) is 5.78 Å². The fourth-order valence-corrected chi connectivity index (χ4v) is 4.74. The van der Waals surface area contributed by atoms with Crippen molar-refractivity contribution in [3.63, 3.8) is 0 Å². The van der Waals surface area contributed by atoms with E-state index in [-0.39, 0.29) is 40.4 Å². The maximum absolute atomic E-state index is 13.1. The van der Waals surface area contributed by atoms with Crippen molar-refractivity contribution in [1.29, 1.82) is 0 Å². The molecule has 3 aromatic rings. The third kappa shape index (κ3) is 4.60. The lowest BCUT2D eigenvalue weighted by Gasteiger charge is -2.09. The fraction of sp³-hybridized carbons (Fsp3) is 0.167. The minimum Gasteiger partial charge on any atom is -0.399 e. The molecule has 3 N–H and O–H groups in total. The summed E-state index contributed by atoms with van der Waals surface area (Å²) in [7, 11) is 0. The molecule has 4 rings (SSSR count). The molecule has 2 atom stereocenters. The van der Waals surface area contributed by atoms with E-state index in [4.69, 9.17) is 40.5 Å². The van der Waals surface area contributed by atoms with Gasteiger partial charge in [-0.3, -0.25) is 9.59 Å². The third-order valence-corrected chi connectivity index (χ3v) is 6.71. The Balaban J connectivity index is 1.49. The molecule has 32 heavy (non-hydrogen) atoms. The number of nitrogen functional groups attached to an aromatic ring is 1. The molecule has 2 unspecified atom stereocenters. The highest BCUT2D eigenvalue weighted by Gasteiger charge is 2.67. The number of amides is 1. The summed E-state index contributed by atoms with van der Waals surface area (Å²) in [5, 5.41) is 3.03. The number of alkyl halides is 2. The van der Waals surface area contributed by atoms with Gasteiger partial charge in [-0.15, -0.1) is 23.2 Å². The number of carbonyl (C=O) groups excluding carboxylic acids is 2. The highest BCUT2D eigenvalue weighted by atomic mass is 35.5. The largest absolute Gasteiger partial charge is 0.399 e. The normalized spacial score (nSPS) is 18.8. The lowest BCUT2D eigenvalue weighted by Crippen LogP contribution is -2.17. The number of nitrogens with one attached hydrogen (secondary N) is 1. The minimum absolute atomic E-state index is 0.0473. The molecule has 1 amide bonds. The van der Waals surface area contributed by atoms with Crippen LogP contribution in [0.1, 0.15) is 27.4 Å². The quantitative estimate of drug-likeness (QED) is 0.252. The van der Waals surface area contributed by atoms with Crippen molar-refractivity contribution in [1.82, 2.24) is 0 Å². The number of rotatable bonds is 6. The summed E-state index contributed by atoms with van der Waals surface area (Å²) >= 11 is 19.0. The smallest absolute Gasteiger partial charge is 0.231 e. The zero-order valence-corrected chi connectivity index (χ0v) is 18.9. The molecule has 1 fully saturated rings. The van der Waals surface area contributed by atoms with Gasteiger partial charge < -0.3 is 11.1 Å². The highest BCUT2D eigenvalue weighted by Crippen LogP contribution is 2.65. The number of ketones is 1. The zero-order chi connectivity index (χ0) is 23.0. The number of hydrogen-bond donors (Lipinski definition) is 2. The lowest BCUT2D eigenvalue weighted by molar-refractivity contribution is -0.117. The van der Waals surface area contributed by atoms with Crippen LogP contribution in [-0.2, 0) is 11.2 Å². The second-order valence-corrected chi connectivity index (χ2v) is 9.56. The van der Waals surface area contributed by atoms with E-state index >= 15 is 0 Å². The average molecular weight is 492 g/mol. The molecule has 0 aromatic heterocycles. The van der Waals surface area contributed by atoms with Crippen molar-refractivity contribution in [2.24, 2.45) is 5.92 Å². The third-order valence-electron chi connectivity index (χ3n) is 5.44. The Kier molecular flexibility index (Phi) is 6.17. The van der Waals surface area contributed by atoms with Crippen LogP contribution in [0.3, 0.4) is 0 Å². The Morgan fingerprint density at radius 1 is 1.00 bits per heavy atom. The maximum atomic E-state index is 13.1. The van der Waals surface area contributed by atoms with Gasteiger partial charge in [0.25, 0.3) is 0 Å². The van der Waals surface area contributed by atoms with Crippen LogP contribution < -0.4 is 11.1 Å². The Bertz CT molecular complexity index is 1180. The molecule has 0 heterocycles. The van der Waals surface area contributed by atoms with Gasteiger partial charge in [0.2, 0.25) is 5.91 Å². The van der Waals surface area contributed by atoms with Gasteiger partial charge in [-0.25, -0.2) is 4.39 Å². The second kappa shape index (κ2) is 8.74. The van der Waals surface area contributed by atoms with Gasteiger partial charge in [0.1, 0.15) is 10.2 Å². The van der Waals surface area contributed by atoms with E-state index in [2.05, 4.69) is 5.32 Å². The summed E-state index contributed by atoms with van der Waals surface area (Å²) in [6, 6.07) is 17.3. The van der Waals surface area contributed by atoms with E-state index in [0.29, 0.717) is 16.9 Å². The number of halogens is 4. The van der Waals surface area contributed by atoms with Crippen molar-refractivity contribution in [2.45, 2.75) is 16.7 Å². The second-order valence-electron chi connectivity index (χ2n) is 7.71. The van der Waals surface area contributed by atoms with Crippen molar-refractivity contribution in [3.8, 4) is 0 Å². The molecule has 1 aliphatic rings. The van der Waals surface area contributed by atoms with Crippen LogP contribution in [0.25, 0.3) is 0 Å². The molecular weight excluding hydrogens is 474 g/mol. The van der Waals surface area contributed by atoms with E-state index in [0.717, 1.165) is 5.56 Å². The Hall–Kier alpha value is -2.60. The molecule has 4 nitrogen and oxygen atoms in total. The van der Waals surface area contributed by atoms with Crippen LogP contribution in [0.4, 0.5) is 15.8 Å². The predicted molar refractivity (Wildman–Crippen MR) is 126 cm³/mol. The monoisotopic (exact) mass is 490 g/mol. The SMILES string of the molecule is Nc1ccc(C2C(C(=O)Nc3ccc(Cl)c(C(=O)Cc4ccc(F)cc4)c3)C2(Cl)Cl)cc1. The summed E-state index contributed by atoms with van der Waals surface area (Å²) < 4.78 is 11.9. The van der Waals surface area contributed by atoms with Crippen molar-refractivity contribution >= 4 is 57.9 Å². The molecule has 0 radical (unpaired) electrons. The van der Waals surface area contributed by atoms with E-state index in [1.54, 1.807) is 30.3 Å². The zero-order valence-electron chi connectivity index (χ0n) is 16.6. The fourth-order valence-electron chi connectivity index (χ4n) is 3.69. The van der Waals surface area contributed by atoms with Crippen LogP contribution in [0.2, 0.25) is 5.02 Å². The van der Waals surface area contributed by atoms with Crippen LogP contribution in [0, 0.1) is 11.7 Å². The van der Waals surface area contributed by atoms with Crippen LogP contribution in [-0.4, -0.2) is 16.0 Å². The molecular formula is C24H18Cl3FN2O2. The van der Waals surface area contributed by atoms with E-state index in [1.165, 1.54) is 36.4 Å². The van der Waals surface area contributed by atoms with E-state index < -0.39 is 10.3 Å². The van der Waals surface area contributed by atoms with Gasteiger partial charge >= 0.3 is 0 Å². The highest BCUT2D eigenvalue weighted by molar-refractivity contribution is 6.53. The molecule has 0 spiro atoms. The topological polar surface area (TPSA) is 72.2 Å². The summed E-state index contributed by atoms with van der Waals surface area (Å²) in [5.41, 5.74) is 8.44. The van der Waals surface area contributed by atoms with E-state index in [9.17, 15) is 14.0 Å². The average Bonchev–Trinajstić information content (AvgIpc) is 3.33. The standard InChI is InChI=1S/C24H18Cl3FN2O2/c25-19-10-9-17(12-18(19)20(31)11-13-1-5-15(28)6-2-13)30-23(32)22-21(24(22,26)27)14-3-7-16(29)8-4-14/h1-10,12,21-22H,11,29H2,(H,30,32). The molecule has 1 aliphatic carbocycles. The molecule has 0 saturated heterocycles. The summed E-state index contributed by atoms with van der Waals surface area (Å²) in [5.74, 6) is -2.04. The van der Waals surface area contributed by atoms with Crippen molar-refractivity contribution in [2.75, 3.05) is 11.1 Å². The summed E-state index contributed by atoms with van der Waals surface area (Å²) in [6.07, 6.45) is 0.0473. The van der Waals surface area contributed by atoms with Gasteiger partial charge in [-0.05, 0) is 53.6 Å². The molecule has 1 saturated carbocycles. The number of nitrogens with two attached hydrogens (primary N) is 1. The molecule has 8 heteroatoms. The molecule has 0 bridgehead atoms. The number of carbonyl (C=O) groups is 2. The first-order chi connectivity index (χ1) is 15.2. The lowest BCUT2D eigenvalue weighted by atomic mass is 10.0. The van der Waals surface area contributed by atoms with Crippen molar-refractivity contribution < 1.29 is 14.0 Å². The summed E-state index contributed by atoms with van der Waals surface area (Å²) in [4.78, 5) is 25.6. The van der Waals surface area contributed by atoms with Gasteiger partial charge in [0, 0.05) is 29.3 Å². The Labute approximate surface area is 199 Å². The number of benzene rings is 3. The van der Waals surface area contributed by atoms with Crippen LogP contribution in [0.5, 0.6) is 0 Å². The summed E-state index contributed by atoms with van der Waals surface area (Å²) in [6.45, 7) is 0. The molecule has 164 valence electrons. The number of Topliss-reactive ketones (excluding diaryl/α,β-unsaturated/α-hetero) is 1. The molecule has 0 aliphatic heterocycles. The predicted octanol–water partition coefficient (Wildman–Crippen LogP) is 6.01. The van der Waals surface area contributed by atoms with Crippen LogP contribution in [0.15, 0.2) is 66.7 Å². The first-order valence-electron chi connectivity index (χ1n) is 9.78. The molecule has 3 aromatic carbocycles. The van der Waals surface area contributed by atoms with Gasteiger partial charge in [0.05, 0.1) is 10.9 Å². The van der Waals surface area contributed by atoms with Crippen LogP contribution >= 0.6 is 34.8 Å². The Morgan fingerprint density at radius 2 is 1.66 bits per heavy atom. The maximum Gasteiger partial charge on any atom is 0.231 e. The van der Waals surface area contributed by atoms with Crippen molar-refractivity contribution in [3.05, 3.63) is 94.3 Å². The van der Waals surface area contributed by atoms with Gasteiger partial charge in [-0.1, -0.05) is 35.9 Å².